The van der Waals surface area contributed by atoms with Gasteiger partial charge in [0.2, 0.25) is 0 Å². The fraction of sp³-hybridized carbons (Fsp3) is 0.0159. The molecule has 64 heavy (non-hydrogen) atoms. The van der Waals surface area contributed by atoms with E-state index in [1.807, 2.05) is 170 Å². The van der Waals surface area contributed by atoms with Gasteiger partial charge in [0.15, 0.2) is 0 Å². The second-order valence-electron chi connectivity index (χ2n) is 15.3. The summed E-state index contributed by atoms with van der Waals surface area (Å²) in [5, 5.41) is 0. The van der Waals surface area contributed by atoms with E-state index in [1.54, 1.807) is 35.4 Å². The van der Waals surface area contributed by atoms with Crippen LogP contribution in [0, 0.1) is 0 Å². The fourth-order valence-corrected chi connectivity index (χ4v) is 8.70. The number of fused-ring (bicyclic) bond motifs is 1. The summed E-state index contributed by atoms with van der Waals surface area (Å²) in [5.74, 6) is 0. The van der Waals surface area contributed by atoms with Gasteiger partial charge in [-0.1, -0.05) is 238 Å². The minimum absolute atomic E-state index is 0.0586. The average molecular weight is 827 g/mol. The summed E-state index contributed by atoms with van der Waals surface area (Å²) in [4.78, 5) is 1.57. The predicted molar refractivity (Wildman–Crippen MR) is 275 cm³/mol. The number of nitrogens with zero attached hydrogens (tertiary/aromatic N) is 1. The van der Waals surface area contributed by atoms with Crippen molar-refractivity contribution in [2.24, 2.45) is 0 Å². The molecule has 1 nitrogen and oxygen atoms in total. The normalized spacial score (nSPS) is 15.1. The van der Waals surface area contributed by atoms with Gasteiger partial charge in [-0.2, -0.15) is 0 Å². The van der Waals surface area contributed by atoms with Crippen molar-refractivity contribution in [2.45, 2.75) is 5.41 Å². The molecule has 0 saturated heterocycles. The molecule has 0 fully saturated rings. The molecule has 306 valence electrons. The van der Waals surface area contributed by atoms with Crippen molar-refractivity contribution in [1.82, 2.24) is 0 Å². The van der Waals surface area contributed by atoms with Crippen LogP contribution in [0.25, 0.3) is 51.1 Å². The molecule has 0 heterocycles. The average Bonchev–Trinajstić information content (AvgIpc) is 3.74. The summed E-state index contributed by atoms with van der Waals surface area (Å²) in [5.41, 5.74) is 9.61. The van der Waals surface area contributed by atoms with Crippen LogP contribution in [0.1, 0.15) is 43.0 Å². The van der Waals surface area contributed by atoms with Crippen LogP contribution in [0.4, 0.5) is 11.4 Å². The van der Waals surface area contributed by atoms with E-state index in [0.717, 1.165) is 56.6 Å². The van der Waals surface area contributed by atoms with E-state index in [-0.39, 0.29) is 47.5 Å². The van der Waals surface area contributed by atoms with Crippen molar-refractivity contribution in [3.63, 3.8) is 0 Å². The van der Waals surface area contributed by atoms with Crippen molar-refractivity contribution in [1.29, 1.82) is 0 Å². The highest BCUT2D eigenvalue weighted by Gasteiger charge is 2.46. The molecule has 1 aliphatic rings. The quantitative estimate of drug-likeness (QED) is 0.0987. The molecule has 0 atom stereocenters. The zero-order chi connectivity index (χ0) is 49.6. The third-order valence-electron chi connectivity index (χ3n) is 11.6. The fourth-order valence-electron chi connectivity index (χ4n) is 8.70. The van der Waals surface area contributed by atoms with E-state index in [9.17, 15) is 8.22 Å². The third-order valence-corrected chi connectivity index (χ3v) is 11.6. The van der Waals surface area contributed by atoms with E-state index in [0.29, 0.717) is 28.0 Å². The van der Waals surface area contributed by atoms with Gasteiger partial charge in [0, 0.05) is 17.6 Å². The van der Waals surface area contributed by atoms with Crippen molar-refractivity contribution in [3.05, 3.63) is 307 Å². The van der Waals surface area contributed by atoms with Crippen LogP contribution in [-0.2, 0) is 5.41 Å². The zero-order valence-corrected chi connectivity index (χ0v) is 35.3. The highest BCUT2D eigenvalue weighted by Crippen LogP contribution is 2.55. The van der Waals surface area contributed by atoms with Crippen molar-refractivity contribution in [3.8, 4) is 33.4 Å². The van der Waals surface area contributed by atoms with Gasteiger partial charge >= 0.3 is 0 Å². The minimum Gasteiger partial charge on any atom is -0.317 e. The Kier molecular flexibility index (Phi) is 9.80. The van der Waals surface area contributed by atoms with Gasteiger partial charge in [-0.05, 0) is 114 Å². The molecular weight excluding hydrogens is 771 g/mol. The molecule has 0 unspecified atom stereocenters. The number of hydrogen-bond acceptors (Lipinski definition) is 1. The Morgan fingerprint density at radius 2 is 1.03 bits per heavy atom. The van der Waals surface area contributed by atoms with Crippen LogP contribution < -0.4 is 4.90 Å². The smallest absolute Gasteiger partial charge is 0.0714 e. The summed E-state index contributed by atoms with van der Waals surface area (Å²) in [6.07, 6.45) is 12.3. The molecule has 1 aliphatic carbocycles. The molecule has 0 bridgehead atoms. The standard InChI is InChI=1S/C63H49N/c1-4-7-22-47-34-35-52(46-51(47)23-8-5-2)48-36-40-55(41-37-48)64(56-42-38-50(39-43-56)59-31-19-18-30-58(59)49-24-12-9-13-25-49)45-44-62-57(6-3)60-32-20-21-33-61(60)63(62,53-26-14-10-15-27-53)54-28-16-11-17-29-54/h4-46H,1-3H2/b22-7-,23-8-,45-44+/i3D,6D,36D,37D,40D,41D,44D/b6-3?,22-7-,23-8-,45-44+. The summed E-state index contributed by atoms with van der Waals surface area (Å²) in [6.45, 7) is 8.62. The Hall–Kier alpha value is -8.26. The first-order valence-electron chi connectivity index (χ1n) is 24.8. The van der Waals surface area contributed by atoms with Crippen molar-refractivity contribution in [2.75, 3.05) is 4.90 Å². The molecule has 0 amide bonds. The van der Waals surface area contributed by atoms with Gasteiger partial charge < -0.3 is 4.90 Å². The number of benzene rings is 8. The number of anilines is 2. The summed E-state index contributed by atoms with van der Waals surface area (Å²) in [7, 11) is 0. The van der Waals surface area contributed by atoms with Gasteiger partial charge in [-0.25, -0.2) is 0 Å². The molecule has 0 saturated carbocycles. The highest BCUT2D eigenvalue weighted by atomic mass is 15.1. The molecule has 8 aromatic rings. The molecule has 1 heteroatoms. The van der Waals surface area contributed by atoms with Gasteiger partial charge in [0.25, 0.3) is 0 Å². The maximum Gasteiger partial charge on any atom is 0.0714 e. The van der Waals surface area contributed by atoms with Crippen LogP contribution in [-0.4, -0.2) is 0 Å². The van der Waals surface area contributed by atoms with E-state index in [2.05, 4.69) is 37.4 Å². The molecule has 8 aromatic carbocycles. The summed E-state index contributed by atoms with van der Waals surface area (Å²) >= 11 is 0. The Morgan fingerprint density at radius 1 is 0.500 bits per heavy atom. The van der Waals surface area contributed by atoms with Crippen LogP contribution >= 0.6 is 0 Å². The molecule has 0 spiro atoms. The lowest BCUT2D eigenvalue weighted by Crippen LogP contribution is -2.29. The summed E-state index contributed by atoms with van der Waals surface area (Å²) in [6, 6.07) is 57.7. The Balaban J connectivity index is 1.31. The first-order chi connectivity index (χ1) is 34.6. The van der Waals surface area contributed by atoms with Gasteiger partial charge in [0.05, 0.1) is 15.0 Å². The number of rotatable bonds is 14. The van der Waals surface area contributed by atoms with Gasteiger partial charge in [0.1, 0.15) is 0 Å². The van der Waals surface area contributed by atoms with Gasteiger partial charge in [-0.15, -0.1) is 0 Å². The maximum absolute atomic E-state index is 10.4. The SMILES string of the molecule is [2H]C=C([2H])C1=C(/C([2H])=C/N(c2ccc(-c3ccccc3-c3ccccc3)cc2)c2c([2H])c([2H])c(-c3ccc(/C=C\C=C)c(/C=C\C=C)c3)c([2H])c2[2H])C(c2ccccc2)(c2ccccc2)c2ccccc21. The first-order valence-corrected chi connectivity index (χ1v) is 21.2. The van der Waals surface area contributed by atoms with E-state index in [1.165, 1.54) is 0 Å². The van der Waals surface area contributed by atoms with E-state index < -0.39 is 5.41 Å². The van der Waals surface area contributed by atoms with Crippen LogP contribution in [0.3, 0.4) is 0 Å². The van der Waals surface area contributed by atoms with Crippen molar-refractivity contribution < 1.29 is 9.60 Å². The summed E-state index contributed by atoms with van der Waals surface area (Å²) < 4.78 is 67.1. The zero-order valence-electron chi connectivity index (χ0n) is 42.3. The molecule has 0 radical (unpaired) electrons. The largest absolute Gasteiger partial charge is 0.317 e. The number of hydrogen-bond donors (Lipinski definition) is 0. The van der Waals surface area contributed by atoms with E-state index in [4.69, 9.17) is 1.37 Å². The first kappa shape index (κ1) is 33.4. The third kappa shape index (κ3) is 7.88. The lowest BCUT2D eigenvalue weighted by atomic mass is 9.67. The lowest BCUT2D eigenvalue weighted by molar-refractivity contribution is 0.761. The van der Waals surface area contributed by atoms with Crippen molar-refractivity contribution >= 4 is 29.1 Å². The highest BCUT2D eigenvalue weighted by molar-refractivity contribution is 5.92. The van der Waals surface area contributed by atoms with Gasteiger partial charge in [-0.3, -0.25) is 0 Å². The van der Waals surface area contributed by atoms with Crippen LogP contribution in [0.15, 0.2) is 274 Å². The second-order valence-corrected chi connectivity index (χ2v) is 15.3. The van der Waals surface area contributed by atoms with E-state index >= 15 is 0 Å². The molecular formula is C63H49N. The minimum atomic E-state index is -1.16. The Labute approximate surface area is 388 Å². The Bertz CT molecular complexity index is 3390. The lowest BCUT2D eigenvalue weighted by Gasteiger charge is -2.35. The van der Waals surface area contributed by atoms with Crippen LogP contribution in [0.2, 0.25) is 0 Å². The predicted octanol–water partition coefficient (Wildman–Crippen LogP) is 16.7. The topological polar surface area (TPSA) is 3.24 Å². The Morgan fingerprint density at radius 3 is 1.64 bits per heavy atom. The number of allylic oxidation sites excluding steroid dienone is 8. The molecule has 9 rings (SSSR count). The maximum atomic E-state index is 10.4. The van der Waals surface area contributed by atoms with Crippen LogP contribution in [0.5, 0.6) is 0 Å². The second kappa shape index (κ2) is 18.8. The monoisotopic (exact) mass is 826 g/mol. The molecule has 0 N–H and O–H groups in total. The molecule has 0 aromatic heterocycles. The molecule has 0 aliphatic heterocycles.